The second kappa shape index (κ2) is 4.28. The van der Waals surface area contributed by atoms with Crippen LogP contribution in [0.15, 0.2) is 41.3 Å². The van der Waals surface area contributed by atoms with E-state index >= 15 is 0 Å². The number of nitrogens with two attached hydrogens (primary N) is 1. The maximum Gasteiger partial charge on any atom is 0.253 e. The summed E-state index contributed by atoms with van der Waals surface area (Å²) in [5.74, 6) is 0. The highest BCUT2D eigenvalue weighted by Crippen LogP contribution is 2.13. The second-order valence-corrected chi connectivity index (χ2v) is 3.66. The molecule has 1 unspecified atom stereocenters. The third-order valence-corrected chi connectivity index (χ3v) is 2.37. The van der Waals surface area contributed by atoms with Crippen LogP contribution in [0.1, 0.15) is 18.5 Å². The smallest absolute Gasteiger partial charge is 0.253 e. The predicted molar refractivity (Wildman–Crippen MR) is 62.9 cm³/mol. The molecule has 0 saturated heterocycles. The number of aromatic amines is 1. The summed E-state index contributed by atoms with van der Waals surface area (Å²) in [7, 11) is 0. The minimum absolute atomic E-state index is 0.154. The summed E-state index contributed by atoms with van der Waals surface area (Å²) < 4.78 is 0. The van der Waals surface area contributed by atoms with Gasteiger partial charge in [0.2, 0.25) is 0 Å². The monoisotopic (exact) mass is 215 g/mol. The van der Waals surface area contributed by atoms with Crippen LogP contribution in [-0.4, -0.2) is 9.97 Å². The van der Waals surface area contributed by atoms with Crippen LogP contribution in [0.5, 0.6) is 0 Å². The van der Waals surface area contributed by atoms with Crippen molar-refractivity contribution in [1.29, 1.82) is 0 Å². The molecule has 0 aliphatic rings. The van der Waals surface area contributed by atoms with E-state index in [0.29, 0.717) is 11.3 Å². The summed E-state index contributed by atoms with van der Waals surface area (Å²) in [4.78, 5) is 18.6. The van der Waals surface area contributed by atoms with E-state index in [9.17, 15) is 4.79 Å². The molecule has 2 heterocycles. The van der Waals surface area contributed by atoms with E-state index in [-0.39, 0.29) is 11.6 Å². The number of hydrogen-bond donors (Lipinski definition) is 2. The molecule has 0 spiro atoms. The Kier molecular flexibility index (Phi) is 2.83. The fourth-order valence-corrected chi connectivity index (χ4v) is 1.52. The first kappa shape index (κ1) is 10.6. The molecule has 4 nitrogen and oxygen atoms in total. The molecule has 4 heteroatoms. The molecule has 0 fully saturated rings. The molecule has 0 bridgehead atoms. The van der Waals surface area contributed by atoms with Crippen molar-refractivity contribution in [2.45, 2.75) is 13.0 Å². The van der Waals surface area contributed by atoms with Gasteiger partial charge in [0, 0.05) is 17.8 Å². The number of aromatic nitrogens is 2. The van der Waals surface area contributed by atoms with Crippen LogP contribution in [0.4, 0.5) is 0 Å². The Balaban J connectivity index is 2.47. The summed E-state index contributed by atoms with van der Waals surface area (Å²) in [6.45, 7) is 1.78. The molecule has 2 aromatic heterocycles. The van der Waals surface area contributed by atoms with Gasteiger partial charge in [0.1, 0.15) is 0 Å². The first-order chi connectivity index (χ1) is 7.68. The van der Waals surface area contributed by atoms with Gasteiger partial charge in [-0.05, 0) is 31.2 Å². The highest BCUT2D eigenvalue weighted by molar-refractivity contribution is 5.53. The van der Waals surface area contributed by atoms with Crippen LogP contribution in [-0.2, 0) is 0 Å². The lowest BCUT2D eigenvalue weighted by molar-refractivity contribution is 0.800. The normalized spacial score (nSPS) is 12.4. The van der Waals surface area contributed by atoms with Crippen molar-refractivity contribution in [3.8, 4) is 11.4 Å². The van der Waals surface area contributed by atoms with Crippen molar-refractivity contribution >= 4 is 0 Å². The average Bonchev–Trinajstić information content (AvgIpc) is 2.29. The van der Waals surface area contributed by atoms with Gasteiger partial charge in [-0.1, -0.05) is 6.07 Å². The highest BCUT2D eigenvalue weighted by atomic mass is 16.1. The fourth-order valence-electron chi connectivity index (χ4n) is 1.52. The van der Waals surface area contributed by atoms with Gasteiger partial charge >= 0.3 is 0 Å². The number of nitrogens with zero attached hydrogens (tertiary/aromatic N) is 1. The van der Waals surface area contributed by atoms with E-state index in [2.05, 4.69) is 9.97 Å². The van der Waals surface area contributed by atoms with Gasteiger partial charge in [-0.15, -0.1) is 0 Å². The quantitative estimate of drug-likeness (QED) is 0.796. The van der Waals surface area contributed by atoms with Crippen LogP contribution < -0.4 is 11.3 Å². The van der Waals surface area contributed by atoms with Gasteiger partial charge in [-0.3, -0.25) is 9.78 Å². The lowest BCUT2D eigenvalue weighted by Gasteiger charge is -2.05. The number of hydrogen-bond acceptors (Lipinski definition) is 3. The third kappa shape index (κ3) is 2.01. The number of rotatable bonds is 2. The zero-order valence-corrected chi connectivity index (χ0v) is 8.97. The topological polar surface area (TPSA) is 71.8 Å². The molecule has 2 aromatic rings. The van der Waals surface area contributed by atoms with E-state index in [1.807, 2.05) is 24.3 Å². The fraction of sp³-hybridized carbons (Fsp3) is 0.167. The Labute approximate surface area is 93.2 Å². The molecule has 0 saturated carbocycles. The molecular formula is C12H13N3O. The Morgan fingerprint density at radius 2 is 2.12 bits per heavy atom. The molecule has 0 aliphatic carbocycles. The van der Waals surface area contributed by atoms with Crippen molar-refractivity contribution in [2.75, 3.05) is 0 Å². The van der Waals surface area contributed by atoms with Crippen LogP contribution in [0.25, 0.3) is 11.4 Å². The number of nitrogens with one attached hydrogen (secondary N) is 1. The van der Waals surface area contributed by atoms with Gasteiger partial charge < -0.3 is 10.7 Å². The van der Waals surface area contributed by atoms with Crippen molar-refractivity contribution < 1.29 is 0 Å². The molecule has 0 amide bonds. The molecular weight excluding hydrogens is 202 g/mol. The Morgan fingerprint density at radius 1 is 1.31 bits per heavy atom. The second-order valence-electron chi connectivity index (χ2n) is 3.66. The molecule has 1 atom stereocenters. The highest BCUT2D eigenvalue weighted by Gasteiger charge is 2.06. The van der Waals surface area contributed by atoms with Gasteiger partial charge in [-0.25, -0.2) is 0 Å². The Hall–Kier alpha value is -1.94. The van der Waals surface area contributed by atoms with Crippen molar-refractivity contribution in [3.63, 3.8) is 0 Å². The average molecular weight is 215 g/mol. The minimum Gasteiger partial charge on any atom is -0.324 e. The molecule has 0 radical (unpaired) electrons. The SMILES string of the molecule is CC(N)c1ccc(-c2ccccn2)[nH]c1=O. The van der Waals surface area contributed by atoms with E-state index in [1.54, 1.807) is 19.2 Å². The van der Waals surface area contributed by atoms with Crippen molar-refractivity contribution in [3.05, 3.63) is 52.4 Å². The number of pyridine rings is 2. The van der Waals surface area contributed by atoms with Gasteiger partial charge in [0.25, 0.3) is 5.56 Å². The van der Waals surface area contributed by atoms with Gasteiger partial charge in [0.05, 0.1) is 11.4 Å². The predicted octanol–water partition coefficient (Wildman–Crippen LogP) is 1.46. The molecule has 3 N–H and O–H groups in total. The Morgan fingerprint density at radius 3 is 2.69 bits per heavy atom. The maximum atomic E-state index is 11.7. The van der Waals surface area contributed by atoms with Gasteiger partial charge in [0.15, 0.2) is 0 Å². The van der Waals surface area contributed by atoms with E-state index in [4.69, 9.17) is 5.73 Å². The largest absolute Gasteiger partial charge is 0.324 e. The van der Waals surface area contributed by atoms with Crippen LogP contribution >= 0.6 is 0 Å². The summed E-state index contributed by atoms with van der Waals surface area (Å²) >= 11 is 0. The van der Waals surface area contributed by atoms with E-state index < -0.39 is 0 Å². The first-order valence-corrected chi connectivity index (χ1v) is 5.08. The van der Waals surface area contributed by atoms with Crippen molar-refractivity contribution in [1.82, 2.24) is 9.97 Å². The lowest BCUT2D eigenvalue weighted by Crippen LogP contribution is -2.19. The molecule has 16 heavy (non-hydrogen) atoms. The van der Waals surface area contributed by atoms with E-state index in [1.165, 1.54) is 0 Å². The molecule has 2 rings (SSSR count). The lowest BCUT2D eigenvalue weighted by atomic mass is 10.1. The Bertz CT molecular complexity index is 531. The van der Waals surface area contributed by atoms with Crippen LogP contribution in [0, 0.1) is 0 Å². The molecule has 0 aromatic carbocycles. The summed E-state index contributed by atoms with van der Waals surface area (Å²) in [6, 6.07) is 8.85. The minimum atomic E-state index is -0.262. The molecule has 0 aliphatic heterocycles. The summed E-state index contributed by atoms with van der Waals surface area (Å²) in [6.07, 6.45) is 1.69. The van der Waals surface area contributed by atoms with Gasteiger partial charge in [-0.2, -0.15) is 0 Å². The van der Waals surface area contributed by atoms with E-state index in [0.717, 1.165) is 5.69 Å². The number of H-pyrrole nitrogens is 1. The zero-order chi connectivity index (χ0) is 11.5. The van der Waals surface area contributed by atoms with Crippen LogP contribution in [0.2, 0.25) is 0 Å². The van der Waals surface area contributed by atoms with Crippen LogP contribution in [0.3, 0.4) is 0 Å². The molecule has 82 valence electrons. The summed E-state index contributed by atoms with van der Waals surface area (Å²) in [5, 5.41) is 0. The van der Waals surface area contributed by atoms with Crippen molar-refractivity contribution in [2.24, 2.45) is 5.73 Å². The third-order valence-electron chi connectivity index (χ3n) is 2.37. The standard InChI is InChI=1S/C12H13N3O/c1-8(13)9-5-6-11(15-12(9)16)10-4-2-3-7-14-10/h2-8H,13H2,1H3,(H,15,16). The maximum absolute atomic E-state index is 11.7. The first-order valence-electron chi connectivity index (χ1n) is 5.08. The summed E-state index contributed by atoms with van der Waals surface area (Å²) in [5.41, 5.74) is 7.55. The zero-order valence-electron chi connectivity index (χ0n) is 8.97.